The second-order valence-electron chi connectivity index (χ2n) is 8.88. The smallest absolute Gasteiger partial charge is 0.0482 e. The minimum atomic E-state index is 0.0597. The van der Waals surface area contributed by atoms with E-state index in [2.05, 4.69) is 52.0 Å². The average Bonchev–Trinajstić information content (AvgIpc) is 2.56. The van der Waals surface area contributed by atoms with Crippen molar-refractivity contribution in [2.45, 2.75) is 79.1 Å². The van der Waals surface area contributed by atoms with Gasteiger partial charge in [0.15, 0.2) is 0 Å². The molecule has 0 unspecified atom stereocenters. The molecule has 0 fully saturated rings. The lowest BCUT2D eigenvalue weighted by Crippen LogP contribution is -2.16. The molecule has 2 heteroatoms. The molecule has 0 aromatic heterocycles. The molecule has 1 aromatic rings. The fourth-order valence-corrected chi connectivity index (χ4v) is 2.96. The maximum atomic E-state index is 9.30. The van der Waals surface area contributed by atoms with Gasteiger partial charge in [0.05, 0.1) is 0 Å². The standard InChI is InChI=1S/C22H38O2/c1-21(2,17-23)14-7-5-10-19-12-9-13-20(16-19)11-6-8-15-22(3,4)18-24/h9,12-13,16,23-24H,5-8,10-11,14-15,17-18H2,1-4H3. The van der Waals surface area contributed by atoms with Crippen LogP contribution in [0.4, 0.5) is 0 Å². The van der Waals surface area contributed by atoms with Gasteiger partial charge in [0, 0.05) is 13.2 Å². The molecule has 0 aliphatic heterocycles. The van der Waals surface area contributed by atoms with Crippen molar-refractivity contribution < 1.29 is 10.2 Å². The van der Waals surface area contributed by atoms with Crippen LogP contribution in [0.3, 0.4) is 0 Å². The predicted molar refractivity (Wildman–Crippen MR) is 103 cm³/mol. The summed E-state index contributed by atoms with van der Waals surface area (Å²) in [5.41, 5.74) is 2.99. The van der Waals surface area contributed by atoms with Gasteiger partial charge in [-0.3, -0.25) is 0 Å². The van der Waals surface area contributed by atoms with Crippen LogP contribution in [0.1, 0.15) is 77.3 Å². The number of unbranched alkanes of at least 4 members (excludes halogenated alkanes) is 2. The van der Waals surface area contributed by atoms with E-state index in [0.29, 0.717) is 0 Å². The molecule has 0 heterocycles. The Balaban J connectivity index is 2.31. The first-order chi connectivity index (χ1) is 11.3. The Labute approximate surface area is 149 Å². The van der Waals surface area contributed by atoms with Crippen molar-refractivity contribution in [1.29, 1.82) is 0 Å². The SMILES string of the molecule is CC(C)(CO)CCCCc1cccc(CCCCC(C)(C)CO)c1. The Kier molecular flexibility index (Phi) is 9.01. The molecule has 1 rings (SSSR count). The second kappa shape index (κ2) is 10.2. The van der Waals surface area contributed by atoms with E-state index in [9.17, 15) is 10.2 Å². The number of aryl methyl sites for hydroxylation is 2. The molecule has 0 bridgehead atoms. The topological polar surface area (TPSA) is 40.5 Å². The Morgan fingerprint density at radius 2 is 1.12 bits per heavy atom. The summed E-state index contributed by atoms with van der Waals surface area (Å²) in [7, 11) is 0. The molecule has 0 spiro atoms. The summed E-state index contributed by atoms with van der Waals surface area (Å²) in [6, 6.07) is 9.00. The number of aliphatic hydroxyl groups excluding tert-OH is 2. The Morgan fingerprint density at radius 1 is 0.708 bits per heavy atom. The fraction of sp³-hybridized carbons (Fsp3) is 0.727. The van der Waals surface area contributed by atoms with E-state index in [-0.39, 0.29) is 24.0 Å². The molecule has 24 heavy (non-hydrogen) atoms. The average molecular weight is 335 g/mol. The number of hydrogen-bond donors (Lipinski definition) is 2. The zero-order chi connectivity index (χ0) is 18.1. The first kappa shape index (κ1) is 21.2. The minimum Gasteiger partial charge on any atom is -0.396 e. The molecule has 2 nitrogen and oxygen atoms in total. The van der Waals surface area contributed by atoms with E-state index in [1.54, 1.807) is 0 Å². The van der Waals surface area contributed by atoms with E-state index in [1.165, 1.54) is 36.8 Å². The highest BCUT2D eigenvalue weighted by Gasteiger charge is 2.16. The summed E-state index contributed by atoms with van der Waals surface area (Å²) in [4.78, 5) is 0. The number of hydrogen-bond acceptors (Lipinski definition) is 2. The molecule has 2 N–H and O–H groups in total. The highest BCUT2D eigenvalue weighted by atomic mass is 16.3. The number of aliphatic hydroxyl groups is 2. The van der Waals surface area contributed by atoms with Gasteiger partial charge in [-0.25, -0.2) is 0 Å². The molecule has 1 aromatic carbocycles. The van der Waals surface area contributed by atoms with Crippen LogP contribution < -0.4 is 0 Å². The fourth-order valence-electron chi connectivity index (χ4n) is 2.96. The van der Waals surface area contributed by atoms with Crippen molar-refractivity contribution in [2.24, 2.45) is 10.8 Å². The Hall–Kier alpha value is -0.860. The molecule has 138 valence electrons. The van der Waals surface area contributed by atoms with Crippen LogP contribution in [0.15, 0.2) is 24.3 Å². The molecule has 0 saturated heterocycles. The third-order valence-corrected chi connectivity index (χ3v) is 4.99. The maximum absolute atomic E-state index is 9.30. The van der Waals surface area contributed by atoms with Crippen LogP contribution >= 0.6 is 0 Å². The van der Waals surface area contributed by atoms with Crippen molar-refractivity contribution in [3.63, 3.8) is 0 Å². The highest BCUT2D eigenvalue weighted by Crippen LogP contribution is 2.24. The maximum Gasteiger partial charge on any atom is 0.0482 e. The predicted octanol–water partition coefficient (Wildman–Crippen LogP) is 5.15. The normalized spacial score (nSPS) is 12.6. The minimum absolute atomic E-state index is 0.0597. The van der Waals surface area contributed by atoms with Gasteiger partial charge in [0.2, 0.25) is 0 Å². The van der Waals surface area contributed by atoms with Crippen LogP contribution in [-0.4, -0.2) is 23.4 Å². The Morgan fingerprint density at radius 3 is 1.50 bits per heavy atom. The van der Waals surface area contributed by atoms with Crippen molar-refractivity contribution in [1.82, 2.24) is 0 Å². The van der Waals surface area contributed by atoms with Crippen molar-refractivity contribution >= 4 is 0 Å². The van der Waals surface area contributed by atoms with E-state index in [1.807, 2.05) is 0 Å². The monoisotopic (exact) mass is 334 g/mol. The molecular formula is C22H38O2. The van der Waals surface area contributed by atoms with Crippen LogP contribution in [-0.2, 0) is 12.8 Å². The third-order valence-electron chi connectivity index (χ3n) is 4.99. The molecule has 0 radical (unpaired) electrons. The van der Waals surface area contributed by atoms with Gasteiger partial charge in [-0.2, -0.15) is 0 Å². The molecule has 0 aliphatic rings. The first-order valence-electron chi connectivity index (χ1n) is 9.58. The summed E-state index contributed by atoms with van der Waals surface area (Å²) in [5.74, 6) is 0. The van der Waals surface area contributed by atoms with Gasteiger partial charge < -0.3 is 10.2 Å². The quantitative estimate of drug-likeness (QED) is 0.519. The molecule has 0 aliphatic carbocycles. The molecular weight excluding hydrogens is 296 g/mol. The van der Waals surface area contributed by atoms with Crippen molar-refractivity contribution in [3.8, 4) is 0 Å². The number of benzene rings is 1. The largest absolute Gasteiger partial charge is 0.396 e. The highest BCUT2D eigenvalue weighted by molar-refractivity contribution is 5.23. The van der Waals surface area contributed by atoms with Crippen LogP contribution in [0, 0.1) is 10.8 Å². The van der Waals surface area contributed by atoms with Gasteiger partial charge >= 0.3 is 0 Å². The van der Waals surface area contributed by atoms with Crippen molar-refractivity contribution in [2.75, 3.05) is 13.2 Å². The lowest BCUT2D eigenvalue weighted by Gasteiger charge is -2.21. The van der Waals surface area contributed by atoms with Gasteiger partial charge in [-0.05, 0) is 60.5 Å². The van der Waals surface area contributed by atoms with Gasteiger partial charge in [0.25, 0.3) is 0 Å². The van der Waals surface area contributed by atoms with E-state index in [0.717, 1.165) is 25.7 Å². The lowest BCUT2D eigenvalue weighted by molar-refractivity contribution is 0.147. The zero-order valence-electron chi connectivity index (χ0n) is 16.3. The summed E-state index contributed by atoms with van der Waals surface area (Å²) in [6.45, 7) is 9.07. The van der Waals surface area contributed by atoms with Crippen molar-refractivity contribution in [3.05, 3.63) is 35.4 Å². The summed E-state index contributed by atoms with van der Waals surface area (Å²) >= 11 is 0. The molecule has 0 saturated carbocycles. The zero-order valence-corrected chi connectivity index (χ0v) is 16.3. The van der Waals surface area contributed by atoms with Gasteiger partial charge in [0.1, 0.15) is 0 Å². The van der Waals surface area contributed by atoms with Crippen LogP contribution in [0.25, 0.3) is 0 Å². The van der Waals surface area contributed by atoms with Crippen LogP contribution in [0.5, 0.6) is 0 Å². The Bertz CT molecular complexity index is 424. The second-order valence-corrected chi connectivity index (χ2v) is 8.88. The molecule has 0 amide bonds. The molecule has 0 atom stereocenters. The van der Waals surface area contributed by atoms with Crippen LogP contribution in [0.2, 0.25) is 0 Å². The summed E-state index contributed by atoms with van der Waals surface area (Å²) in [5, 5.41) is 18.6. The van der Waals surface area contributed by atoms with E-state index < -0.39 is 0 Å². The van der Waals surface area contributed by atoms with Gasteiger partial charge in [-0.1, -0.05) is 64.8 Å². The van der Waals surface area contributed by atoms with E-state index in [4.69, 9.17) is 0 Å². The third kappa shape index (κ3) is 8.84. The summed E-state index contributed by atoms with van der Waals surface area (Å²) < 4.78 is 0. The summed E-state index contributed by atoms with van der Waals surface area (Å²) in [6.07, 6.45) is 9.17. The van der Waals surface area contributed by atoms with E-state index >= 15 is 0 Å². The first-order valence-corrected chi connectivity index (χ1v) is 9.58. The number of rotatable bonds is 12. The lowest BCUT2D eigenvalue weighted by atomic mass is 9.87. The van der Waals surface area contributed by atoms with Gasteiger partial charge in [-0.15, -0.1) is 0 Å².